The number of ether oxygens (including phenoxy) is 1. The van der Waals surface area contributed by atoms with Crippen molar-refractivity contribution in [3.63, 3.8) is 0 Å². The lowest BCUT2D eigenvalue weighted by molar-refractivity contribution is 0.102. The molecule has 0 aliphatic carbocycles. The van der Waals surface area contributed by atoms with Crippen molar-refractivity contribution in [1.29, 1.82) is 0 Å². The third kappa shape index (κ3) is 5.60. The van der Waals surface area contributed by atoms with Crippen molar-refractivity contribution >= 4 is 33.0 Å². The van der Waals surface area contributed by atoms with E-state index in [1.165, 1.54) is 19.4 Å². The second-order valence-corrected chi connectivity index (χ2v) is 10.5. The van der Waals surface area contributed by atoms with Gasteiger partial charge in [0.1, 0.15) is 0 Å². The smallest absolute Gasteiger partial charge is 0.267 e. The van der Waals surface area contributed by atoms with E-state index >= 15 is 0 Å². The number of methoxy groups -OCH3 is 1. The quantitative estimate of drug-likeness (QED) is 0.502. The Morgan fingerprint density at radius 1 is 1.00 bits per heavy atom. The Morgan fingerprint density at radius 3 is 2.25 bits per heavy atom. The number of rotatable bonds is 7. The molecule has 1 amide bonds. The molecule has 4 rings (SSSR count). The average Bonchev–Trinajstić information content (AvgIpc) is 2.87. The molecule has 1 aromatic heterocycles. The lowest BCUT2D eigenvalue weighted by atomic mass is 10.1. The second kappa shape index (κ2) is 10.5. The monoisotopic (exact) mass is 509 g/mol. The molecule has 36 heavy (non-hydrogen) atoms. The van der Waals surface area contributed by atoms with Gasteiger partial charge in [-0.15, -0.1) is 0 Å². The van der Waals surface area contributed by atoms with E-state index < -0.39 is 10.0 Å². The Hall–Kier alpha value is -3.63. The number of hydrogen-bond donors (Lipinski definition) is 2. The Bertz CT molecular complexity index is 1330. The molecule has 1 saturated heterocycles. The van der Waals surface area contributed by atoms with E-state index in [1.807, 2.05) is 44.2 Å². The first-order valence-electron chi connectivity index (χ1n) is 11.7. The summed E-state index contributed by atoms with van der Waals surface area (Å²) in [7, 11) is -0.590. The maximum Gasteiger partial charge on any atom is 0.267 e. The number of carbonyl (C=O) groups excluding carboxylic acids is 1. The predicted molar refractivity (Wildman–Crippen MR) is 142 cm³/mol. The molecule has 0 unspecified atom stereocenters. The second-order valence-electron chi connectivity index (χ2n) is 8.90. The lowest BCUT2D eigenvalue weighted by Gasteiger charge is -2.34. The number of carbonyl (C=O) groups is 1. The number of hydrogen-bond acceptors (Lipinski definition) is 7. The van der Waals surface area contributed by atoms with Crippen LogP contribution >= 0.6 is 0 Å². The summed E-state index contributed by atoms with van der Waals surface area (Å²) in [6.07, 6.45) is 1.37. The maximum atomic E-state index is 13.3. The highest BCUT2D eigenvalue weighted by atomic mass is 32.2. The van der Waals surface area contributed by atoms with E-state index in [2.05, 4.69) is 31.9 Å². The number of piperazine rings is 1. The van der Waals surface area contributed by atoms with Gasteiger partial charge in [0.15, 0.2) is 4.90 Å². The summed E-state index contributed by atoms with van der Waals surface area (Å²) in [6.45, 7) is 7.52. The van der Waals surface area contributed by atoms with E-state index in [1.54, 1.807) is 12.1 Å². The van der Waals surface area contributed by atoms with Crippen molar-refractivity contribution < 1.29 is 17.9 Å². The van der Waals surface area contributed by atoms with Crippen LogP contribution < -0.4 is 19.7 Å². The highest BCUT2D eigenvalue weighted by molar-refractivity contribution is 7.92. The van der Waals surface area contributed by atoms with Gasteiger partial charge in [0.25, 0.3) is 15.9 Å². The molecule has 190 valence electrons. The molecule has 10 heteroatoms. The molecule has 0 saturated carbocycles. The SMILES string of the molecule is COc1ncc(NC(=O)c2ccc(N3CCN(C)CC3)cc2)cc1S(=O)(=O)Nc1c(C)cccc1C. The van der Waals surface area contributed by atoms with Crippen LogP contribution in [0.4, 0.5) is 17.1 Å². The minimum absolute atomic E-state index is 0.0664. The van der Waals surface area contributed by atoms with Crippen LogP contribution in [0.1, 0.15) is 21.5 Å². The van der Waals surface area contributed by atoms with Gasteiger partial charge in [0, 0.05) is 37.4 Å². The first-order valence-corrected chi connectivity index (χ1v) is 13.1. The van der Waals surface area contributed by atoms with Gasteiger partial charge in [-0.3, -0.25) is 9.52 Å². The zero-order valence-electron chi connectivity index (χ0n) is 20.9. The molecule has 3 aromatic rings. The zero-order valence-corrected chi connectivity index (χ0v) is 21.7. The van der Waals surface area contributed by atoms with Crippen molar-refractivity contribution in [2.24, 2.45) is 0 Å². The molecular weight excluding hydrogens is 478 g/mol. The van der Waals surface area contributed by atoms with Crippen LogP contribution in [0.2, 0.25) is 0 Å². The van der Waals surface area contributed by atoms with Gasteiger partial charge in [-0.2, -0.15) is 0 Å². The first-order chi connectivity index (χ1) is 17.2. The fraction of sp³-hybridized carbons (Fsp3) is 0.308. The molecule has 2 N–H and O–H groups in total. The van der Waals surface area contributed by atoms with Gasteiger partial charge in [-0.05, 0) is 62.4 Å². The normalized spacial score (nSPS) is 14.4. The van der Waals surface area contributed by atoms with E-state index in [4.69, 9.17) is 4.74 Å². The van der Waals surface area contributed by atoms with Crippen molar-refractivity contribution in [3.8, 4) is 5.88 Å². The standard InChI is InChI=1S/C26H31N5O4S/c1-18-6-5-7-19(2)24(18)29-36(33,34)23-16-21(17-27-26(23)35-4)28-25(32)20-8-10-22(11-9-20)31-14-12-30(3)13-15-31/h5-11,16-17,29H,12-15H2,1-4H3,(H,28,32). The fourth-order valence-electron chi connectivity index (χ4n) is 4.10. The van der Waals surface area contributed by atoms with Gasteiger partial charge < -0.3 is 19.9 Å². The molecular formula is C26H31N5O4S. The summed E-state index contributed by atoms with van der Waals surface area (Å²) in [4.78, 5) is 21.4. The van der Waals surface area contributed by atoms with Crippen LogP contribution in [0.3, 0.4) is 0 Å². The van der Waals surface area contributed by atoms with Crippen molar-refractivity contribution in [3.05, 3.63) is 71.4 Å². The number of aryl methyl sites for hydroxylation is 2. The number of nitrogens with zero attached hydrogens (tertiary/aromatic N) is 3. The Morgan fingerprint density at radius 2 is 1.64 bits per heavy atom. The topological polar surface area (TPSA) is 104 Å². The largest absolute Gasteiger partial charge is 0.480 e. The van der Waals surface area contributed by atoms with Crippen LogP contribution in [0, 0.1) is 13.8 Å². The van der Waals surface area contributed by atoms with Crippen molar-refractivity contribution in [1.82, 2.24) is 9.88 Å². The van der Waals surface area contributed by atoms with Gasteiger partial charge in [0.2, 0.25) is 5.88 Å². The van der Waals surface area contributed by atoms with Crippen LogP contribution in [-0.2, 0) is 10.0 Å². The number of likely N-dealkylation sites (N-methyl/N-ethyl adjacent to an activating group) is 1. The van der Waals surface area contributed by atoms with E-state index in [-0.39, 0.29) is 22.4 Å². The van der Waals surface area contributed by atoms with Gasteiger partial charge in [-0.25, -0.2) is 13.4 Å². The maximum absolute atomic E-state index is 13.3. The summed E-state index contributed by atoms with van der Waals surface area (Å²) in [5.74, 6) is -0.429. The Labute approximate surface area is 212 Å². The third-order valence-corrected chi connectivity index (χ3v) is 7.62. The number of aromatic nitrogens is 1. The van der Waals surface area contributed by atoms with Gasteiger partial charge in [0.05, 0.1) is 24.7 Å². The Balaban J connectivity index is 1.53. The molecule has 0 spiro atoms. The molecule has 0 atom stereocenters. The van der Waals surface area contributed by atoms with Gasteiger partial charge >= 0.3 is 0 Å². The minimum atomic E-state index is -4.04. The zero-order chi connectivity index (χ0) is 25.9. The van der Waals surface area contributed by atoms with Gasteiger partial charge in [-0.1, -0.05) is 18.2 Å². The summed E-state index contributed by atoms with van der Waals surface area (Å²) < 4.78 is 34.3. The van der Waals surface area contributed by atoms with Crippen LogP contribution in [0.15, 0.2) is 59.6 Å². The van der Waals surface area contributed by atoms with Crippen LogP contribution in [-0.4, -0.2) is 64.5 Å². The average molecular weight is 510 g/mol. The molecule has 1 aliphatic rings. The highest BCUT2D eigenvalue weighted by Crippen LogP contribution is 2.29. The number of anilines is 3. The van der Waals surface area contributed by atoms with Crippen LogP contribution in [0.5, 0.6) is 5.88 Å². The summed E-state index contributed by atoms with van der Waals surface area (Å²) in [5.41, 5.74) is 3.84. The number of nitrogens with one attached hydrogen (secondary N) is 2. The fourth-order valence-corrected chi connectivity index (χ4v) is 5.45. The Kier molecular flexibility index (Phi) is 7.46. The van der Waals surface area contributed by atoms with E-state index in [0.717, 1.165) is 43.0 Å². The number of pyridine rings is 1. The lowest BCUT2D eigenvalue weighted by Crippen LogP contribution is -2.44. The summed E-state index contributed by atoms with van der Waals surface area (Å²) in [6, 6.07) is 14.2. The van der Waals surface area contributed by atoms with Crippen molar-refractivity contribution in [2.45, 2.75) is 18.7 Å². The summed E-state index contributed by atoms with van der Waals surface area (Å²) in [5, 5.41) is 2.74. The third-order valence-electron chi connectivity index (χ3n) is 6.27. The molecule has 1 fully saturated rings. The molecule has 2 heterocycles. The molecule has 1 aliphatic heterocycles. The number of para-hydroxylation sites is 1. The molecule has 0 bridgehead atoms. The van der Waals surface area contributed by atoms with E-state index in [9.17, 15) is 13.2 Å². The minimum Gasteiger partial charge on any atom is -0.480 e. The number of sulfonamides is 1. The predicted octanol–water partition coefficient (Wildman–Crippen LogP) is 3.51. The number of benzene rings is 2. The van der Waals surface area contributed by atoms with Crippen LogP contribution in [0.25, 0.3) is 0 Å². The van der Waals surface area contributed by atoms with Crippen molar-refractivity contribution in [2.75, 3.05) is 55.3 Å². The molecule has 2 aromatic carbocycles. The molecule has 0 radical (unpaired) electrons. The first kappa shape index (κ1) is 25.5. The molecule has 9 nitrogen and oxygen atoms in total. The summed E-state index contributed by atoms with van der Waals surface area (Å²) >= 11 is 0. The number of amides is 1. The highest BCUT2D eigenvalue weighted by Gasteiger charge is 2.24. The van der Waals surface area contributed by atoms with E-state index in [0.29, 0.717) is 11.3 Å².